The van der Waals surface area contributed by atoms with E-state index in [9.17, 15) is 13.2 Å². The van der Waals surface area contributed by atoms with E-state index in [-0.39, 0.29) is 11.4 Å². The standard InChI is InChI=1S/C14H20N2O4S/c1-11-4-6-12(7-5-11)21(18,19)15-10-14(2,3)16-8-9-20-13(16)17/h4-7,15H,8-10H2,1-3H3. The maximum Gasteiger partial charge on any atom is 0.410 e. The van der Waals surface area contributed by atoms with Gasteiger partial charge >= 0.3 is 6.09 Å². The van der Waals surface area contributed by atoms with Crippen molar-refractivity contribution in [1.29, 1.82) is 0 Å². The van der Waals surface area contributed by atoms with Crippen LogP contribution in [0.25, 0.3) is 0 Å². The third-order valence-corrected chi connectivity index (χ3v) is 4.93. The Kier molecular flexibility index (Phi) is 4.25. The zero-order valence-electron chi connectivity index (χ0n) is 12.4. The number of carbonyl (C=O) groups excluding carboxylic acids is 1. The van der Waals surface area contributed by atoms with E-state index in [1.807, 2.05) is 6.92 Å². The molecule has 0 saturated carbocycles. The molecule has 1 aromatic carbocycles. The van der Waals surface area contributed by atoms with Crippen LogP contribution >= 0.6 is 0 Å². The molecule has 6 nitrogen and oxygen atoms in total. The number of nitrogens with zero attached hydrogens (tertiary/aromatic N) is 1. The van der Waals surface area contributed by atoms with Crippen molar-refractivity contribution in [3.8, 4) is 0 Å². The Balaban J connectivity index is 2.07. The third-order valence-electron chi connectivity index (χ3n) is 3.52. The monoisotopic (exact) mass is 312 g/mol. The van der Waals surface area contributed by atoms with Crippen molar-refractivity contribution in [3.63, 3.8) is 0 Å². The van der Waals surface area contributed by atoms with Crippen LogP contribution in [0.2, 0.25) is 0 Å². The molecule has 0 aliphatic carbocycles. The molecule has 116 valence electrons. The first-order valence-corrected chi connectivity index (χ1v) is 8.21. The minimum Gasteiger partial charge on any atom is -0.448 e. The smallest absolute Gasteiger partial charge is 0.410 e. The Bertz CT molecular complexity index is 623. The largest absolute Gasteiger partial charge is 0.448 e. The van der Waals surface area contributed by atoms with Crippen molar-refractivity contribution in [2.75, 3.05) is 19.7 Å². The molecule has 0 bridgehead atoms. The second-order valence-corrected chi connectivity index (χ2v) is 7.48. The van der Waals surface area contributed by atoms with Gasteiger partial charge in [-0.05, 0) is 32.9 Å². The van der Waals surface area contributed by atoms with Crippen molar-refractivity contribution in [3.05, 3.63) is 29.8 Å². The molecule has 0 spiro atoms. The molecule has 2 rings (SSSR count). The summed E-state index contributed by atoms with van der Waals surface area (Å²) in [4.78, 5) is 13.3. The number of hydrogen-bond acceptors (Lipinski definition) is 4. The maximum atomic E-state index is 12.2. The van der Waals surface area contributed by atoms with Crippen molar-refractivity contribution in [2.24, 2.45) is 0 Å². The Morgan fingerprint density at radius 1 is 1.29 bits per heavy atom. The van der Waals surface area contributed by atoms with Crippen molar-refractivity contribution in [1.82, 2.24) is 9.62 Å². The molecule has 1 aliphatic heterocycles. The molecule has 1 N–H and O–H groups in total. The second-order valence-electron chi connectivity index (χ2n) is 5.72. The Morgan fingerprint density at radius 3 is 2.43 bits per heavy atom. The number of amides is 1. The number of rotatable bonds is 5. The third kappa shape index (κ3) is 3.54. The summed E-state index contributed by atoms with van der Waals surface area (Å²) in [6.45, 7) is 6.43. The summed E-state index contributed by atoms with van der Waals surface area (Å²) in [5.41, 5.74) is 0.347. The number of benzene rings is 1. The molecular formula is C14H20N2O4S. The highest BCUT2D eigenvalue weighted by Crippen LogP contribution is 2.19. The second kappa shape index (κ2) is 5.65. The van der Waals surface area contributed by atoms with E-state index >= 15 is 0 Å². The summed E-state index contributed by atoms with van der Waals surface area (Å²) in [5.74, 6) is 0. The minimum atomic E-state index is -3.59. The lowest BCUT2D eigenvalue weighted by Gasteiger charge is -2.33. The number of hydrogen-bond donors (Lipinski definition) is 1. The van der Waals surface area contributed by atoms with Crippen molar-refractivity contribution in [2.45, 2.75) is 31.2 Å². The summed E-state index contributed by atoms with van der Waals surface area (Å²) in [7, 11) is -3.59. The molecule has 1 heterocycles. The van der Waals surface area contributed by atoms with Gasteiger partial charge < -0.3 is 4.74 Å². The number of ether oxygens (including phenoxy) is 1. The van der Waals surface area contributed by atoms with E-state index in [0.717, 1.165) is 5.56 Å². The molecular weight excluding hydrogens is 292 g/mol. The van der Waals surface area contributed by atoms with Gasteiger partial charge in [0.25, 0.3) is 0 Å². The van der Waals surface area contributed by atoms with Crippen LogP contribution in [0.5, 0.6) is 0 Å². The van der Waals surface area contributed by atoms with Gasteiger partial charge in [0.2, 0.25) is 10.0 Å². The summed E-state index contributed by atoms with van der Waals surface area (Å²) < 4.78 is 31.9. The molecule has 1 saturated heterocycles. The van der Waals surface area contributed by atoms with Crippen LogP contribution < -0.4 is 4.72 Å². The lowest BCUT2D eigenvalue weighted by molar-refractivity contribution is 0.127. The van der Waals surface area contributed by atoms with Gasteiger partial charge in [-0.2, -0.15) is 0 Å². The Morgan fingerprint density at radius 2 is 1.90 bits per heavy atom. The topological polar surface area (TPSA) is 75.7 Å². The highest BCUT2D eigenvalue weighted by atomic mass is 32.2. The van der Waals surface area contributed by atoms with E-state index in [4.69, 9.17) is 4.74 Å². The number of sulfonamides is 1. The fraction of sp³-hybridized carbons (Fsp3) is 0.500. The summed E-state index contributed by atoms with van der Waals surface area (Å²) in [6.07, 6.45) is -0.408. The molecule has 1 fully saturated rings. The molecule has 7 heteroatoms. The van der Waals surface area contributed by atoms with Crippen LogP contribution in [0.4, 0.5) is 4.79 Å². The van der Waals surface area contributed by atoms with Gasteiger partial charge in [0.1, 0.15) is 6.61 Å². The normalized spacial score (nSPS) is 16.1. The molecule has 1 amide bonds. The molecule has 0 atom stereocenters. The van der Waals surface area contributed by atoms with Crippen LogP contribution in [-0.4, -0.2) is 44.6 Å². The Labute approximate surface area is 125 Å². The van der Waals surface area contributed by atoms with E-state index in [2.05, 4.69) is 4.72 Å². The predicted molar refractivity (Wildman–Crippen MR) is 78.5 cm³/mol. The van der Waals surface area contributed by atoms with Gasteiger partial charge in [-0.3, -0.25) is 4.90 Å². The molecule has 1 aromatic rings. The highest BCUT2D eigenvalue weighted by Gasteiger charge is 2.36. The summed E-state index contributed by atoms with van der Waals surface area (Å²) >= 11 is 0. The van der Waals surface area contributed by atoms with Crippen molar-refractivity contribution < 1.29 is 17.9 Å². The lowest BCUT2D eigenvalue weighted by Crippen LogP contribution is -2.52. The number of nitrogens with one attached hydrogen (secondary N) is 1. The number of cyclic esters (lactones) is 1. The summed E-state index contributed by atoms with van der Waals surface area (Å²) in [5, 5.41) is 0. The van der Waals surface area contributed by atoms with Crippen LogP contribution in [0.3, 0.4) is 0 Å². The first-order chi connectivity index (χ1) is 9.72. The van der Waals surface area contributed by atoms with Crippen LogP contribution in [0, 0.1) is 6.92 Å². The molecule has 0 radical (unpaired) electrons. The Hall–Kier alpha value is -1.60. The molecule has 0 aromatic heterocycles. The van der Waals surface area contributed by atoms with Crippen LogP contribution in [0.1, 0.15) is 19.4 Å². The van der Waals surface area contributed by atoms with Gasteiger partial charge in [0.15, 0.2) is 0 Å². The first kappa shape index (κ1) is 15.8. The maximum absolute atomic E-state index is 12.2. The van der Waals surface area contributed by atoms with Crippen LogP contribution in [0.15, 0.2) is 29.2 Å². The number of aryl methyl sites for hydroxylation is 1. The van der Waals surface area contributed by atoms with Gasteiger partial charge in [0, 0.05) is 6.54 Å². The van der Waals surface area contributed by atoms with E-state index in [0.29, 0.717) is 13.2 Å². The average molecular weight is 312 g/mol. The van der Waals surface area contributed by atoms with Crippen molar-refractivity contribution >= 4 is 16.1 Å². The summed E-state index contributed by atoms with van der Waals surface area (Å²) in [6, 6.07) is 6.62. The molecule has 21 heavy (non-hydrogen) atoms. The molecule has 1 aliphatic rings. The van der Waals surface area contributed by atoms with E-state index in [1.54, 1.807) is 38.1 Å². The first-order valence-electron chi connectivity index (χ1n) is 6.73. The highest BCUT2D eigenvalue weighted by molar-refractivity contribution is 7.89. The minimum absolute atomic E-state index is 0.123. The van der Waals surface area contributed by atoms with Gasteiger partial charge in [0.05, 0.1) is 17.0 Å². The molecule has 0 unspecified atom stereocenters. The average Bonchev–Trinajstić information content (AvgIpc) is 2.84. The quantitative estimate of drug-likeness (QED) is 0.894. The van der Waals surface area contributed by atoms with Gasteiger partial charge in [-0.1, -0.05) is 17.7 Å². The SMILES string of the molecule is Cc1ccc(S(=O)(=O)NCC(C)(C)N2CCOC2=O)cc1. The zero-order valence-corrected chi connectivity index (χ0v) is 13.2. The lowest BCUT2D eigenvalue weighted by atomic mass is 10.0. The van der Waals surface area contributed by atoms with E-state index in [1.165, 1.54) is 4.90 Å². The van der Waals surface area contributed by atoms with Crippen LogP contribution in [-0.2, 0) is 14.8 Å². The van der Waals surface area contributed by atoms with Gasteiger partial charge in [-0.25, -0.2) is 17.9 Å². The zero-order chi connectivity index (χ0) is 15.7. The van der Waals surface area contributed by atoms with E-state index < -0.39 is 21.7 Å². The predicted octanol–water partition coefficient (Wildman–Crippen LogP) is 1.50. The van der Waals surface area contributed by atoms with Gasteiger partial charge in [-0.15, -0.1) is 0 Å². The fourth-order valence-electron chi connectivity index (χ4n) is 2.11. The fourth-order valence-corrected chi connectivity index (χ4v) is 3.32. The number of carbonyl (C=O) groups is 1.